The first-order valence-electron chi connectivity index (χ1n) is 7.12. The van der Waals surface area contributed by atoms with E-state index >= 15 is 0 Å². The van der Waals surface area contributed by atoms with Crippen molar-refractivity contribution in [3.05, 3.63) is 28.5 Å². The lowest BCUT2D eigenvalue weighted by Gasteiger charge is -2.20. The smallest absolute Gasteiger partial charge is 0.273 e. The average Bonchev–Trinajstić information content (AvgIpc) is 2.65. The number of pyridine rings is 1. The third kappa shape index (κ3) is 3.78. The van der Waals surface area contributed by atoms with Crippen molar-refractivity contribution in [2.45, 2.75) is 39.0 Å². The van der Waals surface area contributed by atoms with Crippen LogP contribution in [-0.4, -0.2) is 28.9 Å². The minimum atomic E-state index is 0.0598. The molecule has 0 aliphatic carbocycles. The van der Waals surface area contributed by atoms with Gasteiger partial charge in [0.05, 0.1) is 0 Å². The Morgan fingerprint density at radius 1 is 1.47 bits per heavy atom. The van der Waals surface area contributed by atoms with E-state index in [9.17, 15) is 4.79 Å². The van der Waals surface area contributed by atoms with Gasteiger partial charge in [-0.2, -0.15) is 0 Å². The molecule has 1 aliphatic heterocycles. The molecule has 1 aromatic rings. The van der Waals surface area contributed by atoms with Crippen LogP contribution in [0.25, 0.3) is 0 Å². The van der Waals surface area contributed by atoms with Gasteiger partial charge in [0.25, 0.3) is 5.91 Å². The summed E-state index contributed by atoms with van der Waals surface area (Å²) >= 11 is 3.41. The van der Waals surface area contributed by atoms with Gasteiger partial charge in [-0.1, -0.05) is 19.8 Å². The van der Waals surface area contributed by atoms with Crippen molar-refractivity contribution in [2.24, 2.45) is 5.92 Å². The number of halogens is 1. The molecular formula is C15H21BrN2O. The number of likely N-dealkylation sites (tertiary alicyclic amines) is 1. The van der Waals surface area contributed by atoms with Crippen molar-refractivity contribution < 1.29 is 4.79 Å². The monoisotopic (exact) mass is 324 g/mol. The molecule has 0 bridgehead atoms. The molecule has 1 atom stereocenters. The van der Waals surface area contributed by atoms with Crippen LogP contribution in [0, 0.1) is 5.92 Å². The zero-order valence-corrected chi connectivity index (χ0v) is 13.0. The molecule has 0 spiro atoms. The molecule has 1 aliphatic rings. The van der Waals surface area contributed by atoms with E-state index in [1.165, 1.54) is 19.3 Å². The Labute approximate surface area is 123 Å². The molecule has 0 saturated carbocycles. The maximum absolute atomic E-state index is 12.5. The molecule has 1 saturated heterocycles. The molecule has 19 heavy (non-hydrogen) atoms. The van der Waals surface area contributed by atoms with Crippen LogP contribution in [0.15, 0.2) is 22.8 Å². The lowest BCUT2D eigenvalue weighted by Crippen LogP contribution is -2.32. The SMILES string of the molecule is CCCC1CCCN(C(=O)c2ncccc2Br)CC1. The number of nitrogens with zero attached hydrogens (tertiary/aromatic N) is 2. The molecule has 3 nitrogen and oxygen atoms in total. The lowest BCUT2D eigenvalue weighted by atomic mass is 9.96. The Balaban J connectivity index is 2.02. The quantitative estimate of drug-likeness (QED) is 0.845. The fourth-order valence-electron chi connectivity index (χ4n) is 2.76. The maximum Gasteiger partial charge on any atom is 0.273 e. The topological polar surface area (TPSA) is 33.2 Å². The van der Waals surface area contributed by atoms with E-state index in [1.807, 2.05) is 17.0 Å². The van der Waals surface area contributed by atoms with Crippen LogP contribution >= 0.6 is 15.9 Å². The highest BCUT2D eigenvalue weighted by Gasteiger charge is 2.23. The molecule has 1 amide bonds. The first-order chi connectivity index (χ1) is 9.22. The molecule has 1 aromatic heterocycles. The van der Waals surface area contributed by atoms with Gasteiger partial charge in [-0.05, 0) is 53.2 Å². The van der Waals surface area contributed by atoms with E-state index in [-0.39, 0.29) is 5.91 Å². The summed E-state index contributed by atoms with van der Waals surface area (Å²) in [5.41, 5.74) is 0.538. The zero-order valence-electron chi connectivity index (χ0n) is 11.4. The molecule has 2 rings (SSSR count). The summed E-state index contributed by atoms with van der Waals surface area (Å²) in [6.45, 7) is 3.97. The van der Waals surface area contributed by atoms with Gasteiger partial charge < -0.3 is 4.90 Å². The summed E-state index contributed by atoms with van der Waals surface area (Å²) in [6.07, 6.45) is 7.70. The van der Waals surface area contributed by atoms with Gasteiger partial charge >= 0.3 is 0 Å². The van der Waals surface area contributed by atoms with Crippen LogP contribution < -0.4 is 0 Å². The van der Waals surface area contributed by atoms with E-state index in [2.05, 4.69) is 27.8 Å². The summed E-state index contributed by atoms with van der Waals surface area (Å²) in [5.74, 6) is 0.847. The van der Waals surface area contributed by atoms with Gasteiger partial charge in [-0.3, -0.25) is 4.79 Å². The number of carbonyl (C=O) groups is 1. The molecule has 0 N–H and O–H groups in total. The molecule has 4 heteroatoms. The molecule has 1 fully saturated rings. The van der Waals surface area contributed by atoms with Gasteiger partial charge in [0.1, 0.15) is 5.69 Å². The number of hydrogen-bond acceptors (Lipinski definition) is 2. The van der Waals surface area contributed by atoms with Gasteiger partial charge in [-0.15, -0.1) is 0 Å². The Morgan fingerprint density at radius 3 is 3.05 bits per heavy atom. The van der Waals surface area contributed by atoms with E-state index in [1.54, 1.807) is 6.20 Å². The minimum absolute atomic E-state index is 0.0598. The van der Waals surface area contributed by atoms with Crippen molar-refractivity contribution in [1.82, 2.24) is 9.88 Å². The Bertz CT molecular complexity index is 436. The molecule has 0 aromatic carbocycles. The highest BCUT2D eigenvalue weighted by Crippen LogP contribution is 2.23. The second-order valence-electron chi connectivity index (χ2n) is 5.21. The fourth-order valence-corrected chi connectivity index (χ4v) is 3.18. The highest BCUT2D eigenvalue weighted by molar-refractivity contribution is 9.10. The van der Waals surface area contributed by atoms with Gasteiger partial charge in [-0.25, -0.2) is 4.98 Å². The van der Waals surface area contributed by atoms with E-state index in [4.69, 9.17) is 0 Å². The summed E-state index contributed by atoms with van der Waals surface area (Å²) < 4.78 is 0.786. The minimum Gasteiger partial charge on any atom is -0.337 e. The number of amides is 1. The van der Waals surface area contributed by atoms with Crippen molar-refractivity contribution in [2.75, 3.05) is 13.1 Å². The largest absolute Gasteiger partial charge is 0.337 e. The number of aromatic nitrogens is 1. The summed E-state index contributed by atoms with van der Waals surface area (Å²) in [7, 11) is 0. The highest BCUT2D eigenvalue weighted by atomic mass is 79.9. The maximum atomic E-state index is 12.5. The van der Waals surface area contributed by atoms with E-state index in [0.717, 1.165) is 36.3 Å². The van der Waals surface area contributed by atoms with Gasteiger partial charge in [0.15, 0.2) is 0 Å². The summed E-state index contributed by atoms with van der Waals surface area (Å²) in [6, 6.07) is 3.71. The molecule has 104 valence electrons. The van der Waals surface area contributed by atoms with Crippen LogP contribution in [0.4, 0.5) is 0 Å². The number of rotatable bonds is 3. The molecule has 2 heterocycles. The molecule has 0 radical (unpaired) electrons. The third-order valence-corrected chi connectivity index (χ3v) is 4.43. The van der Waals surface area contributed by atoms with Gasteiger partial charge in [0, 0.05) is 23.8 Å². The second-order valence-corrected chi connectivity index (χ2v) is 6.07. The third-order valence-electron chi connectivity index (χ3n) is 3.79. The molecule has 1 unspecified atom stereocenters. The van der Waals surface area contributed by atoms with E-state index in [0.29, 0.717) is 5.69 Å². The summed E-state index contributed by atoms with van der Waals surface area (Å²) in [4.78, 5) is 18.6. The summed E-state index contributed by atoms with van der Waals surface area (Å²) in [5, 5.41) is 0. The van der Waals surface area contributed by atoms with Crippen molar-refractivity contribution in [1.29, 1.82) is 0 Å². The van der Waals surface area contributed by atoms with E-state index < -0.39 is 0 Å². The Morgan fingerprint density at radius 2 is 2.32 bits per heavy atom. The fraction of sp³-hybridized carbons (Fsp3) is 0.600. The van der Waals surface area contributed by atoms with Crippen molar-refractivity contribution >= 4 is 21.8 Å². The Kier molecular flexibility index (Phi) is 5.37. The second kappa shape index (κ2) is 7.04. The normalized spacial score (nSPS) is 20.1. The Hall–Kier alpha value is -0.900. The average molecular weight is 325 g/mol. The standard InChI is InChI=1S/C15H21BrN2O/c1-2-5-12-6-4-10-18(11-8-12)15(19)14-13(16)7-3-9-17-14/h3,7,9,12H,2,4-6,8,10-11H2,1H3. The van der Waals surface area contributed by atoms with Crippen LogP contribution in [0.3, 0.4) is 0 Å². The predicted molar refractivity (Wildman–Crippen MR) is 80.1 cm³/mol. The first-order valence-corrected chi connectivity index (χ1v) is 7.91. The van der Waals surface area contributed by atoms with Crippen LogP contribution in [0.1, 0.15) is 49.5 Å². The van der Waals surface area contributed by atoms with Crippen molar-refractivity contribution in [3.63, 3.8) is 0 Å². The zero-order chi connectivity index (χ0) is 13.7. The van der Waals surface area contributed by atoms with Gasteiger partial charge in [0.2, 0.25) is 0 Å². The van der Waals surface area contributed by atoms with Crippen LogP contribution in [-0.2, 0) is 0 Å². The number of carbonyl (C=O) groups excluding carboxylic acids is 1. The van der Waals surface area contributed by atoms with Crippen molar-refractivity contribution in [3.8, 4) is 0 Å². The first kappa shape index (κ1) is 14.5. The predicted octanol–water partition coefficient (Wildman–Crippen LogP) is 3.89. The van der Waals surface area contributed by atoms with Crippen LogP contribution in [0.2, 0.25) is 0 Å². The number of hydrogen-bond donors (Lipinski definition) is 0. The molecular weight excluding hydrogens is 304 g/mol. The van der Waals surface area contributed by atoms with Crippen LogP contribution in [0.5, 0.6) is 0 Å². The lowest BCUT2D eigenvalue weighted by molar-refractivity contribution is 0.0753.